The molecule has 0 aromatic carbocycles. The summed E-state index contributed by atoms with van der Waals surface area (Å²) in [5, 5.41) is 59.9. The summed E-state index contributed by atoms with van der Waals surface area (Å²) in [6.45, 7) is 42.9. The molecule has 0 aromatic rings. The molecule has 48 heavy (non-hydrogen) atoms. The molecule has 0 fully saturated rings. The minimum Gasteiger partial charge on any atom is -0.545 e. The zero-order valence-corrected chi connectivity index (χ0v) is 27.1. The Balaban J connectivity index is -0.0000000281. The first-order valence-corrected chi connectivity index (χ1v) is 9.33. The molecule has 0 amide bonds. The van der Waals surface area contributed by atoms with Gasteiger partial charge in [-0.1, -0.05) is 0 Å². The van der Waals surface area contributed by atoms with Crippen LogP contribution in [0.15, 0.2) is 33.4 Å². The van der Waals surface area contributed by atoms with Crippen molar-refractivity contribution in [1.82, 2.24) is 0 Å². The molecule has 0 saturated heterocycles. The molecule has 20 nitrogen and oxygen atoms in total. The Bertz CT molecular complexity index is 775. The topological polar surface area (TPSA) is 377 Å². The summed E-state index contributed by atoms with van der Waals surface area (Å²) in [7, 11) is 0. The number of carboxylic acid groups (broad SMARTS) is 6. The van der Waals surface area contributed by atoms with Gasteiger partial charge in [-0.2, -0.15) is 0 Å². The quantitative estimate of drug-likeness (QED) is 0.179. The van der Waals surface area contributed by atoms with E-state index in [9.17, 15) is 59.4 Å². The number of hydrogen-bond acceptors (Lipinski definition) is 20. The average molecular weight is 762 g/mol. The maximum Gasteiger partial charge on any atom is 3.00 e. The normalized spacial score (nSPS) is 8.29. The second-order valence-corrected chi connectivity index (χ2v) is 5.47. The zero-order valence-electron chi connectivity index (χ0n) is 24.9. The van der Waals surface area contributed by atoms with Crippen LogP contribution in [-0.4, -0.2) is 90.1 Å². The molecule has 0 bridgehead atoms. The van der Waals surface area contributed by atoms with Gasteiger partial charge in [-0.3, -0.25) is 38.4 Å². The first-order chi connectivity index (χ1) is 21.4. The van der Waals surface area contributed by atoms with E-state index < -0.39 is 35.8 Å². The van der Waals surface area contributed by atoms with Crippen molar-refractivity contribution in [3.63, 3.8) is 0 Å². The van der Waals surface area contributed by atoms with Crippen molar-refractivity contribution in [2.24, 2.45) is 0 Å². The van der Waals surface area contributed by atoms with Gasteiger partial charge in [-0.05, 0) is 75.0 Å². The summed E-state index contributed by atoms with van der Waals surface area (Å²) in [6.07, 6.45) is 0. The van der Waals surface area contributed by atoms with Crippen LogP contribution >= 0.6 is 0 Å². The standard InChI is InChI=1S/3C6H8O4.8CO.2Fe/c3*1-3(5(7)8)4(2)6(9)10;8*1-2;;/h3*1-2H3,(H,7,8)(H,9,10);;;;;;;;;;/q;;;;;;;;;;;2*+3/p-6/b3*4-3+;;;;;;;;;;. The van der Waals surface area contributed by atoms with E-state index in [1.54, 1.807) is 0 Å². The monoisotopic (exact) mass is 762 g/mol. The molecule has 0 aromatic heterocycles. The van der Waals surface area contributed by atoms with Gasteiger partial charge in [0, 0.05) is 0 Å². The maximum absolute atomic E-state index is 9.99. The van der Waals surface area contributed by atoms with Gasteiger partial charge in [0.15, 0.2) is 0 Å². The molecule has 0 rings (SSSR count). The Hall–Kier alpha value is -5.56. The molecule has 0 aliphatic heterocycles. The van der Waals surface area contributed by atoms with Crippen molar-refractivity contribution in [2.45, 2.75) is 41.5 Å². The van der Waals surface area contributed by atoms with Crippen LogP contribution < -0.4 is 30.6 Å². The molecule has 0 aliphatic rings. The molecule has 0 saturated carbocycles. The van der Waals surface area contributed by atoms with Gasteiger partial charge in [0.1, 0.15) is 0 Å². The van der Waals surface area contributed by atoms with Gasteiger partial charge in [0.2, 0.25) is 0 Å². The third kappa shape index (κ3) is 67.9. The molecule has 22 heteroatoms. The average Bonchev–Trinajstić information content (AvgIpc) is 3.10. The summed E-state index contributed by atoms with van der Waals surface area (Å²) in [6, 6.07) is 0. The van der Waals surface area contributed by atoms with E-state index in [1.165, 1.54) is 0 Å². The molecule has 0 N–H and O–H groups in total. The van der Waals surface area contributed by atoms with Gasteiger partial charge in [-0.15, -0.1) is 0 Å². The Kier molecular flexibility index (Phi) is 128. The number of carbonyl (C=O) groups excluding carboxylic acids is 14. The second kappa shape index (κ2) is 73.1. The largest absolute Gasteiger partial charge is 3.00 e. The fourth-order valence-corrected chi connectivity index (χ4v) is 0.919. The van der Waals surface area contributed by atoms with Gasteiger partial charge < -0.3 is 59.4 Å². The number of rotatable bonds is 6. The zero-order chi connectivity index (χ0) is 40.9. The predicted molar refractivity (Wildman–Crippen MR) is 131 cm³/mol. The first kappa shape index (κ1) is 84.1. The van der Waals surface area contributed by atoms with E-state index in [4.69, 9.17) is 38.4 Å². The Morgan fingerprint density at radius 1 is 0.250 bits per heavy atom. The summed E-state index contributed by atoms with van der Waals surface area (Å²) >= 11 is 0. The molecule has 18 radical (unpaired) electrons. The van der Waals surface area contributed by atoms with Crippen LogP contribution in [-0.2, 0) is 101 Å². The van der Waals surface area contributed by atoms with Crippen LogP contribution in [0.3, 0.4) is 0 Å². The van der Waals surface area contributed by atoms with Crippen molar-refractivity contribution >= 4 is 90.1 Å². The van der Waals surface area contributed by atoms with Crippen LogP contribution in [0, 0.1) is 0 Å². The summed E-state index contributed by atoms with van der Waals surface area (Å²) < 4.78 is 0. The van der Waals surface area contributed by atoms with Gasteiger partial charge >= 0.3 is 34.1 Å². The number of carbonyl (C=O) groups is 6. The molecular weight excluding hydrogens is 744 g/mol. The van der Waals surface area contributed by atoms with E-state index in [0.717, 1.165) is 41.5 Å². The van der Waals surface area contributed by atoms with E-state index >= 15 is 0 Å². The number of carboxylic acids is 6. The molecular formula is C26H18Fe2O20. The van der Waals surface area contributed by atoms with Crippen LogP contribution in [0.5, 0.6) is 0 Å². The van der Waals surface area contributed by atoms with Gasteiger partial charge in [0.05, 0.1) is 35.8 Å². The second-order valence-electron chi connectivity index (χ2n) is 5.47. The molecule has 0 unspecified atom stereocenters. The molecule has 0 atom stereocenters. The maximum atomic E-state index is 9.99. The fourth-order valence-electron chi connectivity index (χ4n) is 0.919. The van der Waals surface area contributed by atoms with Crippen molar-refractivity contribution in [1.29, 1.82) is 0 Å². The molecule has 0 heterocycles. The molecule has 0 spiro atoms. The SMILES string of the molecule is C/C(C(=O)[O-])=C(/C)C(=O)[O-].C/C(C(=O)[O-])=C(/C)C(=O)[O-].C/C(C(=O)[O-])=C(/C)C(=O)[O-].[C]=O.[C]=O.[C]=O.[C]=O.[C]=O.[C]=O.[C]=O.[C]=O.[Fe+3].[Fe+3]. The molecule has 258 valence electrons. The van der Waals surface area contributed by atoms with Crippen molar-refractivity contribution in [2.75, 3.05) is 0 Å². The van der Waals surface area contributed by atoms with Crippen molar-refractivity contribution in [3.8, 4) is 0 Å². The third-order valence-corrected chi connectivity index (χ3v) is 3.52. The fraction of sp³-hybridized carbons (Fsp3) is 0.231. The minimum absolute atomic E-state index is 0. The smallest absolute Gasteiger partial charge is 0.545 e. The van der Waals surface area contributed by atoms with Crippen LogP contribution in [0.2, 0.25) is 0 Å². The molecule has 0 aliphatic carbocycles. The van der Waals surface area contributed by atoms with Crippen LogP contribution in [0.25, 0.3) is 0 Å². The summed E-state index contributed by atoms with van der Waals surface area (Å²) in [5.41, 5.74) is -1.83. The van der Waals surface area contributed by atoms with E-state index in [0.29, 0.717) is 0 Å². The van der Waals surface area contributed by atoms with Crippen molar-refractivity contribution < 1.29 is 132 Å². The van der Waals surface area contributed by atoms with Gasteiger partial charge in [0.25, 0.3) is 54.3 Å². The Morgan fingerprint density at radius 2 is 0.292 bits per heavy atom. The number of hydrogen-bond donors (Lipinski definition) is 0. The van der Waals surface area contributed by atoms with Gasteiger partial charge in [-0.25, -0.2) is 0 Å². The third-order valence-electron chi connectivity index (χ3n) is 3.52. The summed E-state index contributed by atoms with van der Waals surface area (Å²) in [5.74, 6) is -8.91. The van der Waals surface area contributed by atoms with Crippen molar-refractivity contribution in [3.05, 3.63) is 33.4 Å². The van der Waals surface area contributed by atoms with E-state index in [2.05, 4.69) is 54.3 Å². The number of aliphatic carboxylic acids is 6. The van der Waals surface area contributed by atoms with Crippen LogP contribution in [0.1, 0.15) is 41.5 Å². The van der Waals surface area contributed by atoms with Crippen LogP contribution in [0.4, 0.5) is 0 Å². The predicted octanol–water partition coefficient (Wildman–Crippen LogP) is -9.71. The summed E-state index contributed by atoms with van der Waals surface area (Å²) in [4.78, 5) is 120. The Labute approximate surface area is 296 Å². The van der Waals surface area contributed by atoms with E-state index in [1.807, 2.05) is 0 Å². The minimum atomic E-state index is -1.48. The first-order valence-electron chi connectivity index (χ1n) is 9.33. The Morgan fingerprint density at radius 3 is 0.312 bits per heavy atom. The van der Waals surface area contributed by atoms with E-state index in [-0.39, 0.29) is 67.6 Å².